The third-order valence-corrected chi connectivity index (χ3v) is 4.83. The van der Waals surface area contributed by atoms with Crippen LogP contribution in [0.2, 0.25) is 0 Å². The lowest BCUT2D eigenvalue weighted by Gasteiger charge is -2.27. The SMILES string of the molecule is C[C@H](N)C(=O)N[C@@H]1C(=O)N(C)CC(c2ccccc2)=C[C@H]1c1ccccc1. The topological polar surface area (TPSA) is 75.4 Å². The van der Waals surface area contributed by atoms with Crippen LogP contribution in [-0.4, -0.2) is 42.4 Å². The number of rotatable bonds is 4. The van der Waals surface area contributed by atoms with E-state index < -0.39 is 12.1 Å². The lowest BCUT2D eigenvalue weighted by molar-refractivity contribution is -0.135. The summed E-state index contributed by atoms with van der Waals surface area (Å²) in [7, 11) is 1.76. The molecule has 0 aliphatic carbocycles. The van der Waals surface area contributed by atoms with Gasteiger partial charge >= 0.3 is 0 Å². The second-order valence-electron chi connectivity index (χ2n) is 6.96. The lowest BCUT2D eigenvalue weighted by atomic mass is 9.88. The number of nitrogens with two attached hydrogens (primary N) is 1. The normalized spacial score (nSPS) is 21.2. The summed E-state index contributed by atoms with van der Waals surface area (Å²) in [4.78, 5) is 27.0. The molecule has 0 saturated heterocycles. The van der Waals surface area contributed by atoms with Gasteiger partial charge in [-0.05, 0) is 23.6 Å². The molecule has 2 amide bonds. The summed E-state index contributed by atoms with van der Waals surface area (Å²) in [5.74, 6) is -0.735. The van der Waals surface area contributed by atoms with E-state index in [4.69, 9.17) is 5.73 Å². The van der Waals surface area contributed by atoms with E-state index in [1.807, 2.05) is 60.7 Å². The highest BCUT2D eigenvalue weighted by Crippen LogP contribution is 2.30. The zero-order valence-corrected chi connectivity index (χ0v) is 15.6. The third kappa shape index (κ3) is 4.26. The van der Waals surface area contributed by atoms with Crippen molar-refractivity contribution >= 4 is 17.4 Å². The molecule has 1 heterocycles. The van der Waals surface area contributed by atoms with Crippen molar-refractivity contribution in [1.29, 1.82) is 0 Å². The molecule has 0 radical (unpaired) electrons. The Bertz CT molecular complexity index is 831. The number of benzene rings is 2. The van der Waals surface area contributed by atoms with Gasteiger partial charge in [0.05, 0.1) is 6.04 Å². The highest BCUT2D eigenvalue weighted by Gasteiger charge is 2.35. The van der Waals surface area contributed by atoms with E-state index >= 15 is 0 Å². The van der Waals surface area contributed by atoms with Crippen molar-refractivity contribution in [2.75, 3.05) is 13.6 Å². The fourth-order valence-corrected chi connectivity index (χ4v) is 3.33. The van der Waals surface area contributed by atoms with Crippen LogP contribution >= 0.6 is 0 Å². The van der Waals surface area contributed by atoms with Gasteiger partial charge in [0.2, 0.25) is 11.8 Å². The van der Waals surface area contributed by atoms with Crippen molar-refractivity contribution < 1.29 is 9.59 Å². The zero-order valence-electron chi connectivity index (χ0n) is 15.6. The molecule has 2 aromatic carbocycles. The van der Waals surface area contributed by atoms with E-state index in [1.165, 1.54) is 0 Å². The van der Waals surface area contributed by atoms with Crippen LogP contribution in [0.5, 0.6) is 0 Å². The maximum atomic E-state index is 13.1. The maximum Gasteiger partial charge on any atom is 0.246 e. The zero-order chi connectivity index (χ0) is 19.4. The van der Waals surface area contributed by atoms with Crippen LogP contribution in [0.1, 0.15) is 24.0 Å². The molecule has 0 unspecified atom stereocenters. The van der Waals surface area contributed by atoms with Crippen molar-refractivity contribution in [3.63, 3.8) is 0 Å². The molecule has 1 aliphatic heterocycles. The number of amides is 2. The van der Waals surface area contributed by atoms with Crippen molar-refractivity contribution in [2.45, 2.75) is 24.9 Å². The number of hydrogen-bond acceptors (Lipinski definition) is 3. The van der Waals surface area contributed by atoms with E-state index in [1.54, 1.807) is 18.9 Å². The van der Waals surface area contributed by atoms with Gasteiger partial charge in [0, 0.05) is 19.5 Å². The molecule has 0 fully saturated rings. The molecule has 3 atom stereocenters. The Balaban J connectivity index is 2.08. The summed E-state index contributed by atoms with van der Waals surface area (Å²) < 4.78 is 0. The first-order valence-electron chi connectivity index (χ1n) is 9.09. The van der Waals surface area contributed by atoms with Gasteiger partial charge in [-0.25, -0.2) is 0 Å². The standard InChI is InChI=1S/C22H25N3O2/c1-15(23)21(26)24-20-19(17-11-7-4-8-12-17)13-18(14-25(2)22(20)27)16-9-5-3-6-10-16/h3-13,15,19-20H,14,23H2,1-2H3,(H,24,26)/t15-,19-,20-/m0/s1. The van der Waals surface area contributed by atoms with Gasteiger partial charge in [-0.2, -0.15) is 0 Å². The van der Waals surface area contributed by atoms with E-state index in [2.05, 4.69) is 11.4 Å². The molecule has 0 bridgehead atoms. The minimum atomic E-state index is -0.697. The Morgan fingerprint density at radius 2 is 1.70 bits per heavy atom. The Hall–Kier alpha value is -2.92. The Morgan fingerprint density at radius 3 is 2.30 bits per heavy atom. The highest BCUT2D eigenvalue weighted by atomic mass is 16.2. The van der Waals surface area contributed by atoms with Crippen LogP contribution in [-0.2, 0) is 9.59 Å². The van der Waals surface area contributed by atoms with Crippen LogP contribution in [0.25, 0.3) is 5.57 Å². The number of hydrogen-bond donors (Lipinski definition) is 2. The number of likely N-dealkylation sites (N-methyl/N-ethyl adjacent to an activating group) is 1. The summed E-state index contributed by atoms with van der Waals surface area (Å²) >= 11 is 0. The lowest BCUT2D eigenvalue weighted by Crippen LogP contribution is -2.52. The molecule has 0 spiro atoms. The minimum absolute atomic E-state index is 0.125. The average Bonchev–Trinajstić information content (AvgIpc) is 2.81. The van der Waals surface area contributed by atoms with Crippen LogP contribution in [0.4, 0.5) is 0 Å². The summed E-state index contributed by atoms with van der Waals surface area (Å²) in [5, 5.41) is 2.86. The molecule has 2 aromatic rings. The molecule has 140 valence electrons. The molecular weight excluding hydrogens is 338 g/mol. The van der Waals surface area contributed by atoms with Gasteiger partial charge in [0.15, 0.2) is 0 Å². The molecule has 3 rings (SSSR count). The Kier molecular flexibility index (Phi) is 5.72. The van der Waals surface area contributed by atoms with Crippen molar-refractivity contribution in [1.82, 2.24) is 10.2 Å². The Labute approximate surface area is 159 Å². The van der Waals surface area contributed by atoms with Crippen molar-refractivity contribution in [2.24, 2.45) is 5.73 Å². The molecule has 0 saturated carbocycles. The summed E-state index contributed by atoms with van der Waals surface area (Å²) in [6, 6.07) is 18.4. The van der Waals surface area contributed by atoms with Gasteiger partial charge in [-0.15, -0.1) is 0 Å². The van der Waals surface area contributed by atoms with Gasteiger partial charge in [0.1, 0.15) is 6.04 Å². The average molecular weight is 363 g/mol. The van der Waals surface area contributed by atoms with E-state index in [0.29, 0.717) is 6.54 Å². The summed E-state index contributed by atoms with van der Waals surface area (Å²) in [5.41, 5.74) is 8.82. The van der Waals surface area contributed by atoms with E-state index in [9.17, 15) is 9.59 Å². The first-order chi connectivity index (χ1) is 13.0. The van der Waals surface area contributed by atoms with Crippen LogP contribution in [0.3, 0.4) is 0 Å². The van der Waals surface area contributed by atoms with E-state index in [-0.39, 0.29) is 17.7 Å². The Morgan fingerprint density at radius 1 is 1.11 bits per heavy atom. The minimum Gasteiger partial charge on any atom is -0.342 e. The predicted molar refractivity (Wildman–Crippen MR) is 107 cm³/mol. The third-order valence-electron chi connectivity index (χ3n) is 4.83. The first kappa shape index (κ1) is 18.9. The van der Waals surface area contributed by atoms with Crippen molar-refractivity contribution in [3.8, 4) is 0 Å². The second-order valence-corrected chi connectivity index (χ2v) is 6.96. The maximum absolute atomic E-state index is 13.1. The largest absolute Gasteiger partial charge is 0.342 e. The predicted octanol–water partition coefficient (Wildman–Crippen LogP) is 2.16. The van der Waals surface area contributed by atoms with Crippen LogP contribution < -0.4 is 11.1 Å². The fraction of sp³-hybridized carbons (Fsp3) is 0.273. The molecule has 5 nitrogen and oxygen atoms in total. The molecule has 27 heavy (non-hydrogen) atoms. The van der Waals surface area contributed by atoms with Gasteiger partial charge < -0.3 is 16.0 Å². The summed E-state index contributed by atoms with van der Waals surface area (Å²) in [6.45, 7) is 2.10. The quantitative estimate of drug-likeness (QED) is 0.874. The molecule has 5 heteroatoms. The molecule has 3 N–H and O–H groups in total. The van der Waals surface area contributed by atoms with Crippen LogP contribution in [0.15, 0.2) is 66.7 Å². The van der Waals surface area contributed by atoms with Crippen LogP contribution in [0, 0.1) is 0 Å². The second kappa shape index (κ2) is 8.18. The van der Waals surface area contributed by atoms with Gasteiger partial charge in [-0.1, -0.05) is 66.7 Å². The number of carbonyl (C=O) groups is 2. The molecule has 0 aromatic heterocycles. The molecule has 1 aliphatic rings. The van der Waals surface area contributed by atoms with Gasteiger partial charge in [-0.3, -0.25) is 9.59 Å². The number of carbonyl (C=O) groups excluding carboxylic acids is 2. The number of nitrogens with zero attached hydrogens (tertiary/aromatic N) is 1. The monoisotopic (exact) mass is 363 g/mol. The molecular formula is C22H25N3O2. The number of nitrogens with one attached hydrogen (secondary N) is 1. The first-order valence-corrected chi connectivity index (χ1v) is 9.09. The van der Waals surface area contributed by atoms with E-state index in [0.717, 1.165) is 16.7 Å². The summed E-state index contributed by atoms with van der Waals surface area (Å²) in [6.07, 6.45) is 2.10. The fourth-order valence-electron chi connectivity index (χ4n) is 3.33. The smallest absolute Gasteiger partial charge is 0.246 e. The van der Waals surface area contributed by atoms with Crippen molar-refractivity contribution in [3.05, 3.63) is 77.9 Å². The highest BCUT2D eigenvalue weighted by molar-refractivity contribution is 5.92. The van der Waals surface area contributed by atoms with Gasteiger partial charge in [0.25, 0.3) is 0 Å².